The van der Waals surface area contributed by atoms with Gasteiger partial charge in [0.05, 0.1) is 13.2 Å². The third kappa shape index (κ3) is 2.97. The largest absolute Gasteiger partial charge is 0.464 e. The molecular weight excluding hydrogens is 218 g/mol. The minimum atomic E-state index is -0.525. The average molecular weight is 233 g/mol. The van der Waals surface area contributed by atoms with E-state index in [-0.39, 0.29) is 23.9 Å². The molecule has 1 aliphatic heterocycles. The highest BCUT2D eigenvalue weighted by Gasteiger charge is 2.30. The first-order valence-electron chi connectivity index (χ1n) is 5.26. The van der Waals surface area contributed by atoms with Crippen LogP contribution in [0.1, 0.15) is 13.3 Å². The van der Waals surface area contributed by atoms with E-state index in [0.29, 0.717) is 6.54 Å². The predicted octanol–water partition coefficient (Wildman–Crippen LogP) is 0.896. The lowest BCUT2D eigenvalue weighted by molar-refractivity contribution is -0.139. The Morgan fingerprint density at radius 3 is 3.00 bits per heavy atom. The van der Waals surface area contributed by atoms with Gasteiger partial charge in [0.15, 0.2) is 5.78 Å². The van der Waals surface area contributed by atoms with Crippen molar-refractivity contribution in [1.82, 2.24) is 4.90 Å². The Bertz CT molecular complexity index is 426. The van der Waals surface area contributed by atoms with E-state index in [2.05, 4.69) is 23.2 Å². The second kappa shape index (κ2) is 5.90. The molecule has 0 N–H and O–H groups in total. The van der Waals surface area contributed by atoms with Gasteiger partial charge in [-0.3, -0.25) is 4.79 Å². The van der Waals surface area contributed by atoms with Crippen molar-refractivity contribution in [1.29, 1.82) is 0 Å². The summed E-state index contributed by atoms with van der Waals surface area (Å²) in [5.74, 6) is 5.05. The van der Waals surface area contributed by atoms with Crippen molar-refractivity contribution in [3.8, 4) is 11.8 Å². The highest BCUT2D eigenvalue weighted by Crippen LogP contribution is 2.20. The summed E-state index contributed by atoms with van der Waals surface area (Å²) in [4.78, 5) is 24.8. The van der Waals surface area contributed by atoms with Crippen LogP contribution >= 0.6 is 0 Å². The molecule has 90 valence electrons. The zero-order valence-electron chi connectivity index (χ0n) is 10.0. The van der Waals surface area contributed by atoms with Gasteiger partial charge in [-0.1, -0.05) is 12.0 Å². The number of methoxy groups -OCH3 is 1. The Labute approximate surface area is 101 Å². The fraction of sp³-hybridized carbons (Fsp3) is 0.385. The summed E-state index contributed by atoms with van der Waals surface area (Å²) in [5, 5.41) is 0. The first-order chi connectivity index (χ1) is 8.13. The van der Waals surface area contributed by atoms with Crippen LogP contribution in [0, 0.1) is 11.8 Å². The molecule has 0 aliphatic carbocycles. The lowest BCUT2D eigenvalue weighted by Crippen LogP contribution is -2.41. The van der Waals surface area contributed by atoms with Crippen LogP contribution in [-0.2, 0) is 14.3 Å². The molecule has 1 atom stereocenters. The molecule has 1 unspecified atom stereocenters. The maximum Gasteiger partial charge on any atom is 0.354 e. The third-order valence-corrected chi connectivity index (χ3v) is 2.41. The minimum absolute atomic E-state index is 0.113. The Balaban J connectivity index is 3.11. The molecule has 0 aromatic rings. The summed E-state index contributed by atoms with van der Waals surface area (Å²) in [6.07, 6.45) is 3.26. The lowest BCUT2D eigenvalue weighted by atomic mass is 10.0. The fourth-order valence-electron chi connectivity index (χ4n) is 1.70. The van der Waals surface area contributed by atoms with Crippen molar-refractivity contribution >= 4 is 11.8 Å². The standard InChI is InChI=1S/C13H15NO3/c1-4-6-10-8-11(15)9-12(13(16)17-3)14(10)7-5-2/h5,9-10H,2,7-8H2,1,3H3. The number of hydrogen-bond donors (Lipinski definition) is 0. The number of ketones is 1. The molecule has 0 saturated carbocycles. The molecule has 0 fully saturated rings. The number of hydrogen-bond acceptors (Lipinski definition) is 4. The Hall–Kier alpha value is -2.02. The minimum Gasteiger partial charge on any atom is -0.464 e. The topological polar surface area (TPSA) is 46.6 Å². The molecule has 17 heavy (non-hydrogen) atoms. The summed E-state index contributed by atoms with van der Waals surface area (Å²) >= 11 is 0. The van der Waals surface area contributed by atoms with E-state index in [0.717, 1.165) is 0 Å². The quantitative estimate of drug-likeness (QED) is 0.413. The number of allylic oxidation sites excluding steroid dienone is 1. The zero-order valence-corrected chi connectivity index (χ0v) is 10.0. The molecule has 1 aliphatic rings. The molecule has 4 nitrogen and oxygen atoms in total. The van der Waals surface area contributed by atoms with Crippen molar-refractivity contribution in [2.45, 2.75) is 19.4 Å². The van der Waals surface area contributed by atoms with E-state index in [4.69, 9.17) is 0 Å². The number of esters is 1. The highest BCUT2D eigenvalue weighted by atomic mass is 16.5. The second-order valence-corrected chi connectivity index (χ2v) is 3.54. The molecule has 1 heterocycles. The van der Waals surface area contributed by atoms with Gasteiger partial charge in [0.25, 0.3) is 0 Å². The Morgan fingerprint density at radius 2 is 2.47 bits per heavy atom. The van der Waals surface area contributed by atoms with Crippen molar-refractivity contribution in [2.24, 2.45) is 0 Å². The number of nitrogens with zero attached hydrogens (tertiary/aromatic N) is 1. The lowest BCUT2D eigenvalue weighted by Gasteiger charge is -2.32. The maximum atomic E-state index is 11.6. The summed E-state index contributed by atoms with van der Waals surface area (Å²) in [5.41, 5.74) is 0.247. The molecule has 4 heteroatoms. The van der Waals surface area contributed by atoms with Crippen LogP contribution in [0.4, 0.5) is 0 Å². The Morgan fingerprint density at radius 1 is 1.76 bits per heavy atom. The van der Waals surface area contributed by atoms with Crippen molar-refractivity contribution in [3.05, 3.63) is 24.4 Å². The van der Waals surface area contributed by atoms with Gasteiger partial charge in [-0.25, -0.2) is 4.79 Å². The molecule has 0 amide bonds. The summed E-state index contributed by atoms with van der Waals surface area (Å²) in [7, 11) is 1.29. The van der Waals surface area contributed by atoms with Crippen LogP contribution in [0.5, 0.6) is 0 Å². The van der Waals surface area contributed by atoms with Crippen LogP contribution in [0.25, 0.3) is 0 Å². The summed E-state index contributed by atoms with van der Waals surface area (Å²) in [6.45, 7) is 5.79. The molecule has 1 rings (SSSR count). The maximum absolute atomic E-state index is 11.6. The van der Waals surface area contributed by atoms with Gasteiger partial charge < -0.3 is 9.64 Å². The van der Waals surface area contributed by atoms with E-state index >= 15 is 0 Å². The van der Waals surface area contributed by atoms with Crippen LogP contribution in [-0.4, -0.2) is 36.3 Å². The molecule has 0 aromatic heterocycles. The molecule has 0 aromatic carbocycles. The van der Waals surface area contributed by atoms with Gasteiger partial charge in [-0.05, 0) is 6.92 Å². The van der Waals surface area contributed by atoms with E-state index in [1.807, 2.05) is 0 Å². The van der Waals surface area contributed by atoms with Crippen molar-refractivity contribution in [3.63, 3.8) is 0 Å². The second-order valence-electron chi connectivity index (χ2n) is 3.54. The van der Waals surface area contributed by atoms with Gasteiger partial charge in [-0.2, -0.15) is 0 Å². The molecule has 0 radical (unpaired) electrons. The van der Waals surface area contributed by atoms with Gasteiger partial charge in [0, 0.05) is 19.0 Å². The SMILES string of the molecule is C=CCN1C(C(=O)OC)=CC(=O)CC1C#CC. The van der Waals surface area contributed by atoms with Gasteiger partial charge in [-0.15, -0.1) is 12.5 Å². The van der Waals surface area contributed by atoms with Gasteiger partial charge in [0.1, 0.15) is 5.70 Å². The first-order valence-corrected chi connectivity index (χ1v) is 5.26. The van der Waals surface area contributed by atoms with Gasteiger partial charge >= 0.3 is 5.97 Å². The number of rotatable bonds is 3. The van der Waals surface area contributed by atoms with Crippen LogP contribution in [0.15, 0.2) is 24.4 Å². The van der Waals surface area contributed by atoms with Crippen molar-refractivity contribution in [2.75, 3.05) is 13.7 Å². The smallest absolute Gasteiger partial charge is 0.354 e. The predicted molar refractivity (Wildman–Crippen MR) is 63.9 cm³/mol. The first kappa shape index (κ1) is 13.0. The van der Waals surface area contributed by atoms with Crippen LogP contribution in [0.2, 0.25) is 0 Å². The van der Waals surface area contributed by atoms with E-state index in [1.54, 1.807) is 17.9 Å². The molecule has 0 spiro atoms. The Kier molecular flexibility index (Phi) is 4.53. The monoisotopic (exact) mass is 233 g/mol. The van der Waals surface area contributed by atoms with Crippen LogP contribution < -0.4 is 0 Å². The van der Waals surface area contributed by atoms with Crippen molar-refractivity contribution < 1.29 is 14.3 Å². The number of carbonyl (C=O) groups is 2. The van der Waals surface area contributed by atoms with E-state index < -0.39 is 5.97 Å². The normalized spacial score (nSPS) is 18.9. The highest BCUT2D eigenvalue weighted by molar-refractivity contribution is 6.00. The summed E-state index contributed by atoms with van der Waals surface area (Å²) < 4.78 is 4.66. The van der Waals surface area contributed by atoms with E-state index in [9.17, 15) is 9.59 Å². The molecule has 0 saturated heterocycles. The number of ether oxygens (including phenoxy) is 1. The van der Waals surface area contributed by atoms with Crippen LogP contribution in [0.3, 0.4) is 0 Å². The summed E-state index contributed by atoms with van der Waals surface area (Å²) in [6, 6.07) is -0.287. The number of carbonyl (C=O) groups excluding carboxylic acids is 2. The van der Waals surface area contributed by atoms with E-state index in [1.165, 1.54) is 13.2 Å². The fourth-order valence-corrected chi connectivity index (χ4v) is 1.70. The van der Waals surface area contributed by atoms with Gasteiger partial charge in [0.2, 0.25) is 0 Å². The average Bonchev–Trinajstić information content (AvgIpc) is 2.31. The molecular formula is C13H15NO3. The third-order valence-electron chi connectivity index (χ3n) is 2.41. The zero-order chi connectivity index (χ0) is 12.8. The molecule has 0 bridgehead atoms.